The van der Waals surface area contributed by atoms with Crippen LogP contribution in [-0.4, -0.2) is 22.8 Å². The van der Waals surface area contributed by atoms with E-state index in [0.717, 1.165) is 12.0 Å². The molecular formula is C16H16Cl2N2O. The van der Waals surface area contributed by atoms with E-state index in [1.165, 1.54) is 17.8 Å². The van der Waals surface area contributed by atoms with Gasteiger partial charge in [0.2, 0.25) is 0 Å². The van der Waals surface area contributed by atoms with Gasteiger partial charge in [-0.05, 0) is 23.6 Å². The molecule has 1 aromatic heterocycles. The fourth-order valence-electron chi connectivity index (χ4n) is 2.01. The van der Waals surface area contributed by atoms with Crippen LogP contribution in [0.5, 0.6) is 0 Å². The van der Waals surface area contributed by atoms with Gasteiger partial charge in [-0.2, -0.15) is 0 Å². The molecule has 1 aromatic carbocycles. The van der Waals surface area contributed by atoms with Gasteiger partial charge in [-0.1, -0.05) is 54.4 Å². The summed E-state index contributed by atoms with van der Waals surface area (Å²) in [5.74, 6) is -0.177. The average Bonchev–Trinajstić information content (AvgIpc) is 2.49. The maximum Gasteiger partial charge on any atom is 0.255 e. The van der Waals surface area contributed by atoms with Crippen molar-refractivity contribution in [3.8, 4) is 0 Å². The number of nitrogens with zero attached hydrogens (tertiary/aromatic N) is 2. The lowest BCUT2D eigenvalue weighted by Crippen LogP contribution is -2.26. The first-order chi connectivity index (χ1) is 10.0. The van der Waals surface area contributed by atoms with Crippen molar-refractivity contribution in [3.05, 3.63) is 63.4 Å². The zero-order chi connectivity index (χ0) is 15.4. The molecule has 0 N–H and O–H groups in total. The Morgan fingerprint density at radius 3 is 2.43 bits per heavy atom. The number of rotatable bonds is 4. The minimum absolute atomic E-state index is 0.177. The molecule has 0 aliphatic heterocycles. The zero-order valence-electron chi connectivity index (χ0n) is 11.9. The number of benzene rings is 1. The fourth-order valence-corrected chi connectivity index (χ4v) is 2.35. The molecule has 0 bridgehead atoms. The molecule has 0 aliphatic rings. The second-order valence-corrected chi connectivity index (χ2v) is 5.61. The van der Waals surface area contributed by atoms with Crippen molar-refractivity contribution < 1.29 is 4.79 Å². The molecule has 1 heterocycles. The Hall–Kier alpha value is -1.58. The molecule has 5 heteroatoms. The first kappa shape index (κ1) is 15.8. The third-order valence-corrected chi connectivity index (χ3v) is 3.76. The van der Waals surface area contributed by atoms with Gasteiger partial charge in [-0.3, -0.25) is 4.79 Å². The van der Waals surface area contributed by atoms with Crippen LogP contribution in [0.15, 0.2) is 36.5 Å². The van der Waals surface area contributed by atoms with Gasteiger partial charge in [0, 0.05) is 19.8 Å². The van der Waals surface area contributed by atoms with Crippen LogP contribution in [0.25, 0.3) is 0 Å². The normalized spacial score (nSPS) is 10.5. The van der Waals surface area contributed by atoms with Crippen LogP contribution in [0.3, 0.4) is 0 Å². The Bertz CT molecular complexity index is 641. The molecule has 3 nitrogen and oxygen atoms in total. The predicted molar refractivity (Wildman–Crippen MR) is 85.9 cm³/mol. The van der Waals surface area contributed by atoms with E-state index in [9.17, 15) is 4.79 Å². The van der Waals surface area contributed by atoms with E-state index in [1.54, 1.807) is 11.9 Å². The maximum absolute atomic E-state index is 12.4. The largest absolute Gasteiger partial charge is 0.337 e. The molecule has 2 aromatic rings. The molecule has 0 radical (unpaired) electrons. The fraction of sp³-hybridized carbons (Fsp3) is 0.250. The third-order valence-electron chi connectivity index (χ3n) is 3.25. The van der Waals surface area contributed by atoms with E-state index in [4.69, 9.17) is 23.2 Å². The van der Waals surface area contributed by atoms with Crippen LogP contribution in [0.4, 0.5) is 0 Å². The van der Waals surface area contributed by atoms with Gasteiger partial charge >= 0.3 is 0 Å². The van der Waals surface area contributed by atoms with Crippen LogP contribution in [0.2, 0.25) is 10.2 Å². The molecule has 2 rings (SSSR count). The molecule has 110 valence electrons. The highest BCUT2D eigenvalue weighted by Gasteiger charge is 2.16. The van der Waals surface area contributed by atoms with Crippen LogP contribution in [-0.2, 0) is 13.0 Å². The Balaban J connectivity index is 2.13. The summed E-state index contributed by atoms with van der Waals surface area (Å²) >= 11 is 11.8. The Labute approximate surface area is 134 Å². The van der Waals surface area contributed by atoms with Gasteiger partial charge in [0.25, 0.3) is 5.91 Å². The zero-order valence-corrected chi connectivity index (χ0v) is 13.4. The minimum Gasteiger partial charge on any atom is -0.337 e. The number of aromatic nitrogens is 1. The quantitative estimate of drug-likeness (QED) is 0.789. The molecule has 0 fully saturated rings. The number of hydrogen-bond acceptors (Lipinski definition) is 2. The lowest BCUT2D eigenvalue weighted by molar-refractivity contribution is 0.0785. The summed E-state index contributed by atoms with van der Waals surface area (Å²) in [6.07, 6.45) is 2.39. The van der Waals surface area contributed by atoms with Gasteiger partial charge in [0.1, 0.15) is 5.15 Å². The summed E-state index contributed by atoms with van der Waals surface area (Å²) < 4.78 is 0. The molecule has 21 heavy (non-hydrogen) atoms. The van der Waals surface area contributed by atoms with E-state index in [-0.39, 0.29) is 11.1 Å². The topological polar surface area (TPSA) is 33.2 Å². The standard InChI is InChI=1S/C16H16Cl2N2O/c1-3-11-4-6-12(7-5-11)10-20(2)16(21)13-8-15(18)19-9-14(13)17/h4-9H,3,10H2,1-2H3. The summed E-state index contributed by atoms with van der Waals surface area (Å²) in [4.78, 5) is 17.9. The highest BCUT2D eigenvalue weighted by molar-refractivity contribution is 6.35. The van der Waals surface area contributed by atoms with Crippen molar-refractivity contribution in [2.75, 3.05) is 7.05 Å². The number of aryl methyl sites for hydroxylation is 1. The summed E-state index contributed by atoms with van der Waals surface area (Å²) in [5.41, 5.74) is 2.71. The van der Waals surface area contributed by atoms with Crippen LogP contribution in [0, 0.1) is 0 Å². The number of carbonyl (C=O) groups excluding carboxylic acids is 1. The molecule has 0 aliphatic carbocycles. The Morgan fingerprint density at radius 1 is 1.19 bits per heavy atom. The third kappa shape index (κ3) is 3.96. The van der Waals surface area contributed by atoms with E-state index in [0.29, 0.717) is 17.1 Å². The molecule has 0 atom stereocenters. The number of hydrogen-bond donors (Lipinski definition) is 0. The van der Waals surface area contributed by atoms with Gasteiger partial charge in [-0.25, -0.2) is 4.98 Å². The van der Waals surface area contributed by atoms with Crippen molar-refractivity contribution in [1.29, 1.82) is 0 Å². The van der Waals surface area contributed by atoms with Gasteiger partial charge < -0.3 is 4.90 Å². The summed E-state index contributed by atoms with van der Waals surface area (Å²) in [6, 6.07) is 9.70. The lowest BCUT2D eigenvalue weighted by Gasteiger charge is -2.18. The van der Waals surface area contributed by atoms with Crippen molar-refractivity contribution >= 4 is 29.1 Å². The SMILES string of the molecule is CCc1ccc(CN(C)C(=O)c2cc(Cl)ncc2Cl)cc1. The Kier molecular flexibility index (Phi) is 5.21. The number of amides is 1. The molecule has 0 saturated heterocycles. The minimum atomic E-state index is -0.177. The molecule has 0 saturated carbocycles. The number of carbonyl (C=O) groups is 1. The van der Waals surface area contributed by atoms with Crippen molar-refractivity contribution in [1.82, 2.24) is 9.88 Å². The highest BCUT2D eigenvalue weighted by atomic mass is 35.5. The van der Waals surface area contributed by atoms with Crippen molar-refractivity contribution in [2.24, 2.45) is 0 Å². The summed E-state index contributed by atoms with van der Waals surface area (Å²) in [7, 11) is 1.74. The lowest BCUT2D eigenvalue weighted by atomic mass is 10.1. The van der Waals surface area contributed by atoms with E-state index in [1.807, 2.05) is 12.1 Å². The maximum atomic E-state index is 12.4. The van der Waals surface area contributed by atoms with E-state index < -0.39 is 0 Å². The highest BCUT2D eigenvalue weighted by Crippen LogP contribution is 2.20. The Morgan fingerprint density at radius 2 is 1.81 bits per heavy atom. The van der Waals surface area contributed by atoms with E-state index in [2.05, 4.69) is 24.0 Å². The monoisotopic (exact) mass is 322 g/mol. The average molecular weight is 323 g/mol. The number of pyridine rings is 1. The second kappa shape index (κ2) is 6.92. The molecule has 0 unspecified atom stereocenters. The smallest absolute Gasteiger partial charge is 0.255 e. The van der Waals surface area contributed by atoms with Gasteiger partial charge in [-0.15, -0.1) is 0 Å². The van der Waals surface area contributed by atoms with Gasteiger partial charge in [0.15, 0.2) is 0 Å². The van der Waals surface area contributed by atoms with Crippen molar-refractivity contribution in [2.45, 2.75) is 19.9 Å². The second-order valence-electron chi connectivity index (χ2n) is 4.82. The van der Waals surface area contributed by atoms with E-state index >= 15 is 0 Å². The molecule has 1 amide bonds. The molecular weight excluding hydrogens is 307 g/mol. The first-order valence-electron chi connectivity index (χ1n) is 6.65. The van der Waals surface area contributed by atoms with Crippen LogP contribution in [0.1, 0.15) is 28.4 Å². The van der Waals surface area contributed by atoms with Crippen molar-refractivity contribution in [3.63, 3.8) is 0 Å². The summed E-state index contributed by atoms with van der Waals surface area (Å²) in [5, 5.41) is 0.557. The number of halogens is 2. The molecule has 0 spiro atoms. The predicted octanol–water partition coefficient (Wildman–Crippen LogP) is 4.22. The van der Waals surface area contributed by atoms with Crippen LogP contribution < -0.4 is 0 Å². The first-order valence-corrected chi connectivity index (χ1v) is 7.41. The summed E-state index contributed by atoms with van der Waals surface area (Å²) in [6.45, 7) is 2.62. The van der Waals surface area contributed by atoms with Crippen LogP contribution >= 0.6 is 23.2 Å². The van der Waals surface area contributed by atoms with Gasteiger partial charge in [0.05, 0.1) is 10.6 Å².